The third kappa shape index (κ3) is 2.21. The zero-order valence-electron chi connectivity index (χ0n) is 10.7. The molecule has 1 N–H and O–H groups in total. The van der Waals surface area contributed by atoms with E-state index in [0.29, 0.717) is 17.6 Å². The topological polar surface area (TPSA) is 15.3 Å². The van der Waals surface area contributed by atoms with Crippen molar-refractivity contribution in [2.24, 2.45) is 0 Å². The van der Waals surface area contributed by atoms with Crippen LogP contribution in [0.15, 0.2) is 0 Å². The maximum absolute atomic E-state index is 3.84. The Morgan fingerprint density at radius 2 is 1.67 bits per heavy atom. The van der Waals surface area contributed by atoms with Gasteiger partial charge in [0.15, 0.2) is 0 Å². The molecular formula is C13H26N2. The molecule has 2 heteroatoms. The lowest BCUT2D eigenvalue weighted by Crippen LogP contribution is -2.51. The predicted molar refractivity (Wildman–Crippen MR) is 65.1 cm³/mol. The number of rotatable bonds is 4. The van der Waals surface area contributed by atoms with Crippen molar-refractivity contribution in [3.8, 4) is 0 Å². The molecule has 0 unspecified atom stereocenters. The fourth-order valence-electron chi connectivity index (χ4n) is 3.41. The van der Waals surface area contributed by atoms with Crippen LogP contribution in [0.2, 0.25) is 0 Å². The van der Waals surface area contributed by atoms with Crippen LogP contribution in [0.3, 0.4) is 0 Å². The van der Waals surface area contributed by atoms with Gasteiger partial charge in [-0.3, -0.25) is 4.90 Å². The SMILES string of the molecule is CC(C)N(CC12CCC(CC1)N2)C(C)C. The fraction of sp³-hybridized carbons (Fsp3) is 1.00. The van der Waals surface area contributed by atoms with Crippen LogP contribution in [0.1, 0.15) is 53.4 Å². The summed E-state index contributed by atoms with van der Waals surface area (Å²) in [5.74, 6) is 0. The van der Waals surface area contributed by atoms with Crippen LogP contribution in [-0.4, -0.2) is 35.1 Å². The largest absolute Gasteiger partial charge is 0.307 e. The van der Waals surface area contributed by atoms with E-state index in [4.69, 9.17) is 0 Å². The molecule has 0 amide bonds. The summed E-state index contributed by atoms with van der Waals surface area (Å²) in [4.78, 5) is 2.64. The molecule has 2 aliphatic heterocycles. The van der Waals surface area contributed by atoms with Crippen molar-refractivity contribution in [1.82, 2.24) is 10.2 Å². The summed E-state index contributed by atoms with van der Waals surface area (Å²) in [6.07, 6.45) is 5.61. The zero-order chi connectivity index (χ0) is 11.1. The van der Waals surface area contributed by atoms with E-state index in [0.717, 1.165) is 6.04 Å². The number of nitrogens with one attached hydrogen (secondary N) is 1. The number of hydrogen-bond donors (Lipinski definition) is 1. The van der Waals surface area contributed by atoms with Gasteiger partial charge in [-0.15, -0.1) is 0 Å². The second kappa shape index (κ2) is 4.06. The maximum Gasteiger partial charge on any atom is 0.0312 e. The van der Waals surface area contributed by atoms with E-state index < -0.39 is 0 Å². The first kappa shape index (κ1) is 11.4. The van der Waals surface area contributed by atoms with Gasteiger partial charge in [0.05, 0.1) is 0 Å². The summed E-state index contributed by atoms with van der Waals surface area (Å²) in [6.45, 7) is 10.5. The van der Waals surface area contributed by atoms with E-state index in [1.165, 1.54) is 32.2 Å². The number of fused-ring (bicyclic) bond motifs is 2. The summed E-state index contributed by atoms with van der Waals surface area (Å²) >= 11 is 0. The van der Waals surface area contributed by atoms with Crippen LogP contribution >= 0.6 is 0 Å². The van der Waals surface area contributed by atoms with Gasteiger partial charge >= 0.3 is 0 Å². The molecule has 2 bridgehead atoms. The standard InChI is InChI=1S/C13H26N2/c1-10(2)15(11(3)4)9-13-7-5-12(14-13)6-8-13/h10-12,14H,5-9H2,1-4H3. The molecule has 2 fully saturated rings. The lowest BCUT2D eigenvalue weighted by Gasteiger charge is -2.38. The first-order valence-electron chi connectivity index (χ1n) is 6.56. The monoisotopic (exact) mass is 210 g/mol. The Morgan fingerprint density at radius 1 is 1.13 bits per heavy atom. The fourth-order valence-corrected chi connectivity index (χ4v) is 3.41. The van der Waals surface area contributed by atoms with E-state index in [1.54, 1.807) is 0 Å². The first-order chi connectivity index (χ1) is 7.02. The Labute approximate surface area is 94.4 Å². The molecule has 0 aliphatic carbocycles. The molecule has 2 heterocycles. The van der Waals surface area contributed by atoms with Gasteiger partial charge in [0.1, 0.15) is 0 Å². The second-order valence-electron chi connectivity index (χ2n) is 6.06. The molecule has 2 rings (SSSR count). The minimum atomic E-state index is 0.471. The van der Waals surface area contributed by atoms with Gasteiger partial charge in [0.2, 0.25) is 0 Å². The van der Waals surface area contributed by atoms with Crippen molar-refractivity contribution < 1.29 is 0 Å². The lowest BCUT2D eigenvalue weighted by molar-refractivity contribution is 0.125. The highest BCUT2D eigenvalue weighted by Crippen LogP contribution is 2.38. The van der Waals surface area contributed by atoms with Crippen LogP contribution in [0.25, 0.3) is 0 Å². The summed E-state index contributed by atoms with van der Waals surface area (Å²) in [6, 6.07) is 2.17. The van der Waals surface area contributed by atoms with Gasteiger partial charge in [-0.1, -0.05) is 0 Å². The van der Waals surface area contributed by atoms with Crippen molar-refractivity contribution in [1.29, 1.82) is 0 Å². The molecule has 0 radical (unpaired) electrons. The normalized spacial score (nSPS) is 35.0. The predicted octanol–water partition coefficient (Wildman–Crippen LogP) is 2.39. The Balaban J connectivity index is 1.99. The summed E-state index contributed by atoms with van der Waals surface area (Å²) in [5.41, 5.74) is 0.471. The minimum absolute atomic E-state index is 0.471. The van der Waals surface area contributed by atoms with E-state index in [2.05, 4.69) is 37.9 Å². The molecule has 2 saturated heterocycles. The summed E-state index contributed by atoms with van der Waals surface area (Å²) < 4.78 is 0. The Kier molecular flexibility index (Phi) is 3.09. The highest BCUT2D eigenvalue weighted by molar-refractivity contribution is 5.06. The van der Waals surface area contributed by atoms with Crippen LogP contribution < -0.4 is 5.32 Å². The van der Waals surface area contributed by atoms with E-state index in [9.17, 15) is 0 Å². The highest BCUT2D eigenvalue weighted by atomic mass is 15.2. The quantitative estimate of drug-likeness (QED) is 0.766. The molecule has 0 atom stereocenters. The highest BCUT2D eigenvalue weighted by Gasteiger charge is 2.45. The Hall–Kier alpha value is -0.0800. The molecule has 15 heavy (non-hydrogen) atoms. The molecule has 0 saturated carbocycles. The average Bonchev–Trinajstić information content (AvgIpc) is 2.73. The van der Waals surface area contributed by atoms with Gasteiger partial charge in [-0.05, 0) is 53.4 Å². The third-order valence-electron chi connectivity index (χ3n) is 4.26. The van der Waals surface area contributed by atoms with Crippen LogP contribution in [0, 0.1) is 0 Å². The van der Waals surface area contributed by atoms with Gasteiger partial charge in [-0.25, -0.2) is 0 Å². The summed E-state index contributed by atoms with van der Waals surface area (Å²) in [5, 5.41) is 3.84. The van der Waals surface area contributed by atoms with Gasteiger partial charge in [0, 0.05) is 30.2 Å². The third-order valence-corrected chi connectivity index (χ3v) is 4.26. The van der Waals surface area contributed by atoms with Gasteiger partial charge in [0.25, 0.3) is 0 Å². The summed E-state index contributed by atoms with van der Waals surface area (Å²) in [7, 11) is 0. The average molecular weight is 210 g/mol. The second-order valence-corrected chi connectivity index (χ2v) is 6.06. The van der Waals surface area contributed by atoms with Crippen molar-refractivity contribution >= 4 is 0 Å². The maximum atomic E-state index is 3.84. The molecule has 2 nitrogen and oxygen atoms in total. The van der Waals surface area contributed by atoms with Crippen molar-refractivity contribution in [3.05, 3.63) is 0 Å². The van der Waals surface area contributed by atoms with E-state index in [1.807, 2.05) is 0 Å². The van der Waals surface area contributed by atoms with Crippen molar-refractivity contribution in [2.45, 2.75) is 77.0 Å². The minimum Gasteiger partial charge on any atom is -0.307 e. The van der Waals surface area contributed by atoms with Crippen molar-refractivity contribution in [2.75, 3.05) is 6.54 Å². The van der Waals surface area contributed by atoms with Crippen LogP contribution in [0.4, 0.5) is 0 Å². The number of hydrogen-bond acceptors (Lipinski definition) is 2. The molecule has 0 spiro atoms. The smallest absolute Gasteiger partial charge is 0.0312 e. The molecule has 88 valence electrons. The van der Waals surface area contributed by atoms with Gasteiger partial charge in [-0.2, -0.15) is 0 Å². The van der Waals surface area contributed by atoms with Gasteiger partial charge < -0.3 is 5.32 Å². The molecule has 0 aromatic heterocycles. The van der Waals surface area contributed by atoms with Crippen molar-refractivity contribution in [3.63, 3.8) is 0 Å². The van der Waals surface area contributed by atoms with Crippen LogP contribution in [-0.2, 0) is 0 Å². The van der Waals surface area contributed by atoms with E-state index >= 15 is 0 Å². The molecule has 0 aromatic carbocycles. The zero-order valence-corrected chi connectivity index (χ0v) is 10.7. The van der Waals surface area contributed by atoms with E-state index in [-0.39, 0.29) is 0 Å². The number of nitrogens with zero attached hydrogens (tertiary/aromatic N) is 1. The first-order valence-corrected chi connectivity index (χ1v) is 6.56. The molecular weight excluding hydrogens is 184 g/mol. The Morgan fingerprint density at radius 3 is 2.00 bits per heavy atom. The molecule has 2 aliphatic rings. The Bertz CT molecular complexity index is 207. The lowest BCUT2D eigenvalue weighted by atomic mass is 9.87. The van der Waals surface area contributed by atoms with Crippen LogP contribution in [0.5, 0.6) is 0 Å². The molecule has 0 aromatic rings.